The average molecular weight is 240 g/mol. The van der Waals surface area contributed by atoms with Gasteiger partial charge in [-0.3, -0.25) is 0 Å². The SMILES string of the molecule is Cc1nsc(N)c1C(=O)OCC1CCCC1. The Labute approximate surface area is 99.0 Å². The summed E-state index contributed by atoms with van der Waals surface area (Å²) in [4.78, 5) is 11.8. The van der Waals surface area contributed by atoms with Crippen LogP contribution in [0.5, 0.6) is 0 Å². The number of hydrogen-bond acceptors (Lipinski definition) is 5. The molecule has 5 heteroatoms. The van der Waals surface area contributed by atoms with Gasteiger partial charge in [0.15, 0.2) is 0 Å². The van der Waals surface area contributed by atoms with Gasteiger partial charge in [-0.2, -0.15) is 4.37 Å². The van der Waals surface area contributed by atoms with Crippen LogP contribution in [0.1, 0.15) is 41.7 Å². The van der Waals surface area contributed by atoms with E-state index in [1.165, 1.54) is 25.7 Å². The molecule has 0 unspecified atom stereocenters. The summed E-state index contributed by atoms with van der Waals surface area (Å²) in [6, 6.07) is 0. The first-order chi connectivity index (χ1) is 7.68. The molecule has 0 aliphatic heterocycles. The Kier molecular flexibility index (Phi) is 3.43. The van der Waals surface area contributed by atoms with Gasteiger partial charge in [-0.25, -0.2) is 4.79 Å². The van der Waals surface area contributed by atoms with E-state index >= 15 is 0 Å². The van der Waals surface area contributed by atoms with Crippen LogP contribution >= 0.6 is 11.5 Å². The van der Waals surface area contributed by atoms with E-state index in [1.54, 1.807) is 6.92 Å². The third-order valence-electron chi connectivity index (χ3n) is 3.02. The van der Waals surface area contributed by atoms with Crippen LogP contribution in [0.15, 0.2) is 0 Å². The zero-order valence-electron chi connectivity index (χ0n) is 9.36. The Balaban J connectivity index is 1.92. The largest absolute Gasteiger partial charge is 0.462 e. The fraction of sp³-hybridized carbons (Fsp3) is 0.636. The molecule has 16 heavy (non-hydrogen) atoms. The maximum atomic E-state index is 11.8. The number of aryl methyl sites for hydroxylation is 1. The van der Waals surface area contributed by atoms with Crippen molar-refractivity contribution in [1.29, 1.82) is 0 Å². The lowest BCUT2D eigenvalue weighted by molar-refractivity contribution is 0.0443. The average Bonchev–Trinajstić information content (AvgIpc) is 2.86. The molecule has 1 aliphatic carbocycles. The number of nitrogen functional groups attached to an aromatic ring is 1. The molecule has 88 valence electrons. The lowest BCUT2D eigenvalue weighted by atomic mass is 10.1. The molecule has 1 fully saturated rings. The van der Waals surface area contributed by atoms with Crippen molar-refractivity contribution in [2.45, 2.75) is 32.6 Å². The van der Waals surface area contributed by atoms with Gasteiger partial charge in [-0.1, -0.05) is 12.8 Å². The first-order valence-electron chi connectivity index (χ1n) is 5.57. The maximum Gasteiger partial charge on any atom is 0.343 e. The van der Waals surface area contributed by atoms with E-state index in [0.717, 1.165) is 11.5 Å². The molecule has 1 aromatic rings. The molecule has 1 saturated carbocycles. The quantitative estimate of drug-likeness (QED) is 0.824. The number of nitrogens with two attached hydrogens (primary N) is 1. The molecule has 0 bridgehead atoms. The number of anilines is 1. The highest BCUT2D eigenvalue weighted by molar-refractivity contribution is 7.10. The van der Waals surface area contributed by atoms with Crippen molar-refractivity contribution in [2.75, 3.05) is 12.3 Å². The number of carbonyl (C=O) groups is 1. The van der Waals surface area contributed by atoms with Gasteiger partial charge in [0.2, 0.25) is 0 Å². The van der Waals surface area contributed by atoms with Gasteiger partial charge in [-0.15, -0.1) is 0 Å². The smallest absolute Gasteiger partial charge is 0.343 e. The number of carbonyl (C=O) groups excluding carboxylic acids is 1. The summed E-state index contributed by atoms with van der Waals surface area (Å²) >= 11 is 1.14. The summed E-state index contributed by atoms with van der Waals surface area (Å²) in [6.07, 6.45) is 4.85. The number of hydrogen-bond donors (Lipinski definition) is 1. The van der Waals surface area contributed by atoms with Crippen molar-refractivity contribution in [1.82, 2.24) is 4.37 Å². The van der Waals surface area contributed by atoms with E-state index in [2.05, 4.69) is 4.37 Å². The van der Waals surface area contributed by atoms with Crippen LogP contribution in [0.4, 0.5) is 5.00 Å². The normalized spacial score (nSPS) is 16.6. The molecule has 0 saturated heterocycles. The van der Waals surface area contributed by atoms with Crippen LogP contribution in [0.3, 0.4) is 0 Å². The number of rotatable bonds is 3. The van der Waals surface area contributed by atoms with Crippen LogP contribution in [0, 0.1) is 12.8 Å². The second kappa shape index (κ2) is 4.82. The van der Waals surface area contributed by atoms with Crippen molar-refractivity contribution >= 4 is 22.5 Å². The topological polar surface area (TPSA) is 65.2 Å². The van der Waals surface area contributed by atoms with Crippen LogP contribution in [-0.4, -0.2) is 16.9 Å². The van der Waals surface area contributed by atoms with Crippen molar-refractivity contribution in [3.05, 3.63) is 11.3 Å². The zero-order valence-corrected chi connectivity index (χ0v) is 10.2. The number of aromatic nitrogens is 1. The van der Waals surface area contributed by atoms with E-state index < -0.39 is 0 Å². The lowest BCUT2D eigenvalue weighted by Crippen LogP contribution is -2.13. The minimum absolute atomic E-state index is 0.323. The molecule has 0 atom stereocenters. The summed E-state index contributed by atoms with van der Waals surface area (Å²) in [5, 5.41) is 0.453. The lowest BCUT2D eigenvalue weighted by Gasteiger charge is -2.09. The fourth-order valence-electron chi connectivity index (χ4n) is 2.08. The third-order valence-corrected chi connectivity index (χ3v) is 3.78. The molecule has 0 radical (unpaired) electrons. The Morgan fingerprint density at radius 1 is 1.56 bits per heavy atom. The number of esters is 1. The van der Waals surface area contributed by atoms with Gasteiger partial charge in [0.05, 0.1) is 12.3 Å². The molecular formula is C11H16N2O2S. The molecular weight excluding hydrogens is 224 g/mol. The highest BCUT2D eigenvalue weighted by Gasteiger charge is 2.21. The van der Waals surface area contributed by atoms with Crippen LogP contribution in [0.2, 0.25) is 0 Å². The molecule has 0 spiro atoms. The van der Waals surface area contributed by atoms with Gasteiger partial charge >= 0.3 is 5.97 Å². The van der Waals surface area contributed by atoms with Gasteiger partial charge in [0, 0.05) is 0 Å². The Morgan fingerprint density at radius 3 is 2.81 bits per heavy atom. The maximum absolute atomic E-state index is 11.8. The zero-order chi connectivity index (χ0) is 11.5. The minimum Gasteiger partial charge on any atom is -0.462 e. The summed E-state index contributed by atoms with van der Waals surface area (Å²) < 4.78 is 9.31. The van der Waals surface area contributed by atoms with Crippen LogP contribution < -0.4 is 5.73 Å². The summed E-state index contributed by atoms with van der Waals surface area (Å²) in [5.74, 6) is 0.215. The highest BCUT2D eigenvalue weighted by Crippen LogP contribution is 2.26. The molecule has 2 N–H and O–H groups in total. The molecule has 2 rings (SSSR count). The number of nitrogens with zero attached hydrogens (tertiary/aromatic N) is 1. The Bertz CT molecular complexity index is 364. The first kappa shape index (κ1) is 11.4. The molecule has 0 amide bonds. The minimum atomic E-state index is -0.323. The van der Waals surface area contributed by atoms with E-state index in [0.29, 0.717) is 28.8 Å². The molecule has 0 aromatic carbocycles. The summed E-state index contributed by atoms with van der Waals surface area (Å²) in [6.45, 7) is 2.30. The summed E-state index contributed by atoms with van der Waals surface area (Å²) in [5.41, 5.74) is 6.79. The van der Waals surface area contributed by atoms with E-state index in [4.69, 9.17) is 10.5 Å². The molecule has 1 heterocycles. The predicted molar refractivity (Wildman–Crippen MR) is 63.5 cm³/mol. The van der Waals surface area contributed by atoms with Crippen molar-refractivity contribution in [3.63, 3.8) is 0 Å². The first-order valence-corrected chi connectivity index (χ1v) is 6.34. The Morgan fingerprint density at radius 2 is 2.25 bits per heavy atom. The fourth-order valence-corrected chi connectivity index (χ4v) is 2.73. The Hall–Kier alpha value is -1.10. The van der Waals surface area contributed by atoms with Gasteiger partial charge in [-0.05, 0) is 37.2 Å². The van der Waals surface area contributed by atoms with Crippen molar-refractivity contribution < 1.29 is 9.53 Å². The third kappa shape index (κ3) is 2.35. The van der Waals surface area contributed by atoms with Crippen LogP contribution in [0.25, 0.3) is 0 Å². The second-order valence-electron chi connectivity index (χ2n) is 4.26. The van der Waals surface area contributed by atoms with Gasteiger partial charge in [0.25, 0.3) is 0 Å². The standard InChI is InChI=1S/C11H16N2O2S/c1-7-9(10(12)16-13-7)11(14)15-6-8-4-2-3-5-8/h8H,2-6,12H2,1H3. The summed E-state index contributed by atoms with van der Waals surface area (Å²) in [7, 11) is 0. The van der Waals surface area contributed by atoms with E-state index in [1.807, 2.05) is 0 Å². The van der Waals surface area contributed by atoms with Crippen LogP contribution in [-0.2, 0) is 4.74 Å². The van der Waals surface area contributed by atoms with E-state index in [-0.39, 0.29) is 5.97 Å². The second-order valence-corrected chi connectivity index (χ2v) is 5.06. The molecule has 1 aliphatic rings. The van der Waals surface area contributed by atoms with Gasteiger partial charge < -0.3 is 10.5 Å². The monoisotopic (exact) mass is 240 g/mol. The van der Waals surface area contributed by atoms with Crippen molar-refractivity contribution in [3.8, 4) is 0 Å². The van der Waals surface area contributed by atoms with Gasteiger partial charge in [0.1, 0.15) is 10.6 Å². The molecule has 1 aromatic heterocycles. The van der Waals surface area contributed by atoms with Crippen molar-refractivity contribution in [2.24, 2.45) is 5.92 Å². The number of ether oxygens (including phenoxy) is 1. The highest BCUT2D eigenvalue weighted by atomic mass is 32.1. The predicted octanol–water partition coefficient (Wildman–Crippen LogP) is 2.38. The molecule has 4 nitrogen and oxygen atoms in total. The van der Waals surface area contributed by atoms with E-state index in [9.17, 15) is 4.79 Å².